The van der Waals surface area contributed by atoms with Crippen LogP contribution in [-0.4, -0.2) is 10.3 Å². The Balaban J connectivity index is 2.10. The van der Waals surface area contributed by atoms with Crippen molar-refractivity contribution in [2.24, 2.45) is 0 Å². The van der Waals surface area contributed by atoms with Crippen molar-refractivity contribution in [3.8, 4) is 0 Å². The molecule has 5 heteroatoms. The molecule has 3 rings (SSSR count). The zero-order chi connectivity index (χ0) is 15.0. The van der Waals surface area contributed by atoms with Crippen molar-refractivity contribution >= 4 is 84.6 Å². The summed E-state index contributed by atoms with van der Waals surface area (Å²) in [4.78, 5) is 0. The maximum atomic E-state index is 6.64. The number of halogens is 4. The van der Waals surface area contributed by atoms with Crippen LogP contribution in [0, 0.1) is 0 Å². The maximum absolute atomic E-state index is 6.64. The Morgan fingerprint density at radius 3 is 2.24 bits per heavy atom. The van der Waals surface area contributed by atoms with Crippen molar-refractivity contribution < 1.29 is 0 Å². The van der Waals surface area contributed by atoms with E-state index in [0.29, 0.717) is 0 Å². The van der Waals surface area contributed by atoms with Gasteiger partial charge in [0, 0.05) is 0 Å². The Bertz CT molecular complexity index is 752. The molecule has 0 aromatic heterocycles. The van der Waals surface area contributed by atoms with Crippen LogP contribution in [0.1, 0.15) is 11.1 Å². The van der Waals surface area contributed by atoms with E-state index in [1.54, 1.807) is 0 Å². The van der Waals surface area contributed by atoms with Gasteiger partial charge >= 0.3 is 160 Å². The van der Waals surface area contributed by atoms with Crippen molar-refractivity contribution in [2.45, 2.75) is 0 Å². The molecule has 21 heavy (non-hydrogen) atoms. The molecular weight excluding hydrogens is 644 g/mol. The first-order chi connectivity index (χ1) is 10.0. The quantitative estimate of drug-likeness (QED) is 0.276. The van der Waals surface area contributed by atoms with Crippen LogP contribution in [-0.2, 0) is 0 Å². The standard InChI is InChI=1S/C16H10Cl2I2Te/c17-13(11-6-2-1-3-7-11)10-15-16(18)12-8-4-5-9-14(12)21(15,19)20/h1-10H/b13-10-. The van der Waals surface area contributed by atoms with E-state index in [9.17, 15) is 0 Å². The van der Waals surface area contributed by atoms with Gasteiger partial charge in [0.2, 0.25) is 0 Å². The third-order valence-electron chi connectivity index (χ3n) is 3.20. The first kappa shape index (κ1) is 16.6. The molecule has 0 spiro atoms. The number of rotatable bonds is 2. The van der Waals surface area contributed by atoms with E-state index in [-0.39, 0.29) is 0 Å². The van der Waals surface area contributed by atoms with E-state index in [4.69, 9.17) is 23.2 Å². The molecule has 1 aliphatic heterocycles. The van der Waals surface area contributed by atoms with Gasteiger partial charge in [0.1, 0.15) is 0 Å². The fourth-order valence-corrected chi connectivity index (χ4v) is 19.7. The molecule has 0 radical (unpaired) electrons. The first-order valence-corrected chi connectivity index (χ1v) is 22.8. The number of fused-ring (bicyclic) bond motifs is 1. The number of hydrogen-bond donors (Lipinski definition) is 0. The van der Waals surface area contributed by atoms with E-state index in [1.807, 2.05) is 36.4 Å². The van der Waals surface area contributed by atoms with Gasteiger partial charge in [-0.1, -0.05) is 0 Å². The van der Waals surface area contributed by atoms with Gasteiger partial charge in [-0.3, -0.25) is 0 Å². The Morgan fingerprint density at radius 1 is 0.952 bits per heavy atom. The number of hydrogen-bond acceptors (Lipinski definition) is 0. The van der Waals surface area contributed by atoms with E-state index < -0.39 is 10.3 Å². The van der Waals surface area contributed by atoms with Crippen molar-refractivity contribution in [3.63, 3.8) is 0 Å². The number of benzene rings is 2. The summed E-state index contributed by atoms with van der Waals surface area (Å²) >= 11 is 18.4. The predicted molar refractivity (Wildman–Crippen MR) is 113 cm³/mol. The average molecular weight is 655 g/mol. The summed E-state index contributed by atoms with van der Waals surface area (Å²) < 4.78 is 2.64. The second-order valence-electron chi connectivity index (χ2n) is 4.50. The normalized spacial score (nSPS) is 18.6. The third kappa shape index (κ3) is 3.20. The summed E-state index contributed by atoms with van der Waals surface area (Å²) in [5.41, 5.74) is 2.20. The van der Waals surface area contributed by atoms with Gasteiger partial charge < -0.3 is 0 Å². The van der Waals surface area contributed by atoms with E-state index in [1.165, 1.54) is 12.8 Å². The van der Waals surface area contributed by atoms with Crippen LogP contribution < -0.4 is 3.61 Å². The zero-order valence-corrected chi connectivity index (χ0v) is 18.9. The molecule has 2 aromatic carbocycles. The van der Waals surface area contributed by atoms with Crippen LogP contribution in [0.25, 0.3) is 10.1 Å². The SMILES string of the molecule is ClC1=C(/C=C(\Cl)c2ccccc2)[Te](I)(I)c2ccccc21. The summed E-state index contributed by atoms with van der Waals surface area (Å²) in [5.74, 6) is 0. The molecule has 0 nitrogen and oxygen atoms in total. The van der Waals surface area contributed by atoms with Crippen molar-refractivity contribution in [1.82, 2.24) is 0 Å². The van der Waals surface area contributed by atoms with Crippen LogP contribution in [0.4, 0.5) is 0 Å². The van der Waals surface area contributed by atoms with Crippen LogP contribution in [0.15, 0.2) is 64.3 Å². The van der Waals surface area contributed by atoms with Crippen LogP contribution >= 0.6 is 60.6 Å². The second-order valence-corrected chi connectivity index (χ2v) is 39.5. The van der Waals surface area contributed by atoms with Gasteiger partial charge in [0.25, 0.3) is 0 Å². The third-order valence-corrected chi connectivity index (χ3v) is 22.1. The second kappa shape index (κ2) is 6.70. The molecule has 1 aliphatic rings. The average Bonchev–Trinajstić information content (AvgIpc) is 2.70. The van der Waals surface area contributed by atoms with E-state index in [2.05, 4.69) is 61.7 Å². The van der Waals surface area contributed by atoms with Crippen LogP contribution in [0.2, 0.25) is 0 Å². The molecule has 0 bridgehead atoms. The van der Waals surface area contributed by atoms with Gasteiger partial charge in [0.05, 0.1) is 0 Å². The molecule has 0 N–H and O–H groups in total. The van der Waals surface area contributed by atoms with E-state index in [0.717, 1.165) is 15.6 Å². The Kier molecular flexibility index (Phi) is 5.30. The molecule has 1 heterocycles. The predicted octanol–water partition coefficient (Wildman–Crippen LogP) is 5.99. The van der Waals surface area contributed by atoms with Gasteiger partial charge in [-0.2, -0.15) is 0 Å². The zero-order valence-electron chi connectivity index (χ0n) is 10.7. The number of allylic oxidation sites excluding steroid dienone is 2. The van der Waals surface area contributed by atoms with Crippen molar-refractivity contribution in [3.05, 3.63) is 75.4 Å². The summed E-state index contributed by atoms with van der Waals surface area (Å²) in [6.07, 6.45) is 2.07. The summed E-state index contributed by atoms with van der Waals surface area (Å²) in [5, 5.41) is 1.62. The molecule has 0 saturated heterocycles. The molecule has 0 fully saturated rings. The minimum absolute atomic E-state index is 0.751. The van der Waals surface area contributed by atoms with Gasteiger partial charge in [-0.25, -0.2) is 0 Å². The van der Waals surface area contributed by atoms with Crippen molar-refractivity contribution in [1.29, 1.82) is 0 Å². The fraction of sp³-hybridized carbons (Fsp3) is 0. The molecule has 0 atom stereocenters. The van der Waals surface area contributed by atoms with Gasteiger partial charge in [-0.15, -0.1) is 0 Å². The Hall–Kier alpha value is 0.750. The monoisotopic (exact) mass is 656 g/mol. The Labute approximate surface area is 157 Å². The molecule has 0 amide bonds. The first-order valence-electron chi connectivity index (χ1n) is 6.16. The van der Waals surface area contributed by atoms with Gasteiger partial charge in [-0.05, 0) is 0 Å². The molecule has 0 saturated carbocycles. The minimum atomic E-state index is -2.42. The van der Waals surface area contributed by atoms with Crippen LogP contribution in [0.3, 0.4) is 0 Å². The molecule has 2 aromatic rings. The van der Waals surface area contributed by atoms with E-state index >= 15 is 0 Å². The molecular formula is C16H10Cl2I2Te. The molecule has 108 valence electrons. The topological polar surface area (TPSA) is 0 Å². The van der Waals surface area contributed by atoms with Gasteiger partial charge in [0.15, 0.2) is 0 Å². The van der Waals surface area contributed by atoms with Crippen LogP contribution in [0.5, 0.6) is 0 Å². The summed E-state index contributed by atoms with van der Waals surface area (Å²) in [6, 6.07) is 18.5. The molecule has 0 aliphatic carbocycles. The summed E-state index contributed by atoms with van der Waals surface area (Å²) in [7, 11) is -2.42. The Morgan fingerprint density at radius 2 is 1.57 bits per heavy atom. The molecule has 0 unspecified atom stereocenters. The van der Waals surface area contributed by atoms with Crippen molar-refractivity contribution in [2.75, 3.05) is 0 Å². The fourth-order valence-electron chi connectivity index (χ4n) is 2.17. The summed E-state index contributed by atoms with van der Waals surface area (Å²) in [6.45, 7) is 0.